The number of aliphatic imine (C=N–C) groups is 4. The third kappa shape index (κ3) is 9.83. The van der Waals surface area contributed by atoms with E-state index in [4.69, 9.17) is 38.9 Å². The summed E-state index contributed by atoms with van der Waals surface area (Å²) >= 11 is 4.78. The lowest BCUT2D eigenvalue weighted by Crippen LogP contribution is -2.17. The summed E-state index contributed by atoms with van der Waals surface area (Å²) in [4.78, 5) is 19.4. The molecule has 0 aliphatic carbocycles. The molecule has 2 aromatic rings. The maximum atomic E-state index is 6.00. The van der Waals surface area contributed by atoms with Crippen LogP contribution in [-0.2, 0) is 29.8 Å². The van der Waals surface area contributed by atoms with Crippen LogP contribution in [0.1, 0.15) is 130 Å². The minimum atomic E-state index is 0.0149. The van der Waals surface area contributed by atoms with Crippen molar-refractivity contribution >= 4 is 68.8 Å². The fourth-order valence-corrected chi connectivity index (χ4v) is 7.80. The number of rotatable bonds is 8. The third-order valence-corrected chi connectivity index (χ3v) is 12.9. The van der Waals surface area contributed by atoms with E-state index in [2.05, 4.69) is 166 Å². The summed E-state index contributed by atoms with van der Waals surface area (Å²) in [5.74, 6) is 4.90. The van der Waals surface area contributed by atoms with Crippen molar-refractivity contribution in [1.82, 2.24) is 0 Å². The van der Waals surface area contributed by atoms with E-state index in [1.54, 1.807) is 0 Å². The van der Waals surface area contributed by atoms with Crippen LogP contribution in [0.3, 0.4) is 0 Å². The third-order valence-electron chi connectivity index (χ3n) is 10.6. The molecule has 2 aromatic carbocycles. The van der Waals surface area contributed by atoms with Gasteiger partial charge in [0.15, 0.2) is 0 Å². The molecule has 296 valence electrons. The van der Waals surface area contributed by atoms with Crippen molar-refractivity contribution < 1.29 is 18.9 Å². The largest absolute Gasteiger partial charge is 0.475 e. The molecule has 0 saturated carbocycles. The molecule has 0 unspecified atom stereocenters. The van der Waals surface area contributed by atoms with Crippen molar-refractivity contribution in [2.24, 2.45) is 43.6 Å². The van der Waals surface area contributed by atoms with Crippen LogP contribution < -0.4 is 0 Å². The van der Waals surface area contributed by atoms with E-state index < -0.39 is 0 Å². The van der Waals surface area contributed by atoms with E-state index in [0.717, 1.165) is 53.0 Å². The zero-order valence-corrected chi connectivity index (χ0v) is 39.2. The molecule has 0 aromatic heterocycles. The highest BCUT2D eigenvalue weighted by Crippen LogP contribution is 2.34. The van der Waals surface area contributed by atoms with Crippen molar-refractivity contribution in [3.63, 3.8) is 0 Å². The van der Waals surface area contributed by atoms with Crippen LogP contribution in [0.25, 0.3) is 0 Å². The van der Waals surface area contributed by atoms with Crippen molar-refractivity contribution in [1.29, 1.82) is 0 Å². The predicted molar refractivity (Wildman–Crippen MR) is 240 cm³/mol. The molecule has 0 radical (unpaired) electrons. The molecule has 4 heterocycles. The van der Waals surface area contributed by atoms with Gasteiger partial charge in [-0.15, -0.1) is 0 Å². The highest BCUT2D eigenvalue weighted by atomic mass is 127. The van der Waals surface area contributed by atoms with E-state index >= 15 is 0 Å². The Labute approximate surface area is 352 Å². The van der Waals surface area contributed by atoms with E-state index in [1.165, 1.54) is 11.1 Å². The van der Waals surface area contributed by atoms with Gasteiger partial charge in [0, 0.05) is 7.14 Å². The Hall–Kier alpha value is -2.22. The van der Waals surface area contributed by atoms with Gasteiger partial charge in [0.25, 0.3) is 0 Å². The molecule has 0 N–H and O–H groups in total. The van der Waals surface area contributed by atoms with Gasteiger partial charge in [-0.2, -0.15) is 0 Å². The predicted octanol–water partition coefficient (Wildman–Crippen LogP) is 10.4. The molecule has 0 saturated heterocycles. The van der Waals surface area contributed by atoms with Gasteiger partial charge in [-0.3, -0.25) is 0 Å². The second kappa shape index (κ2) is 17.1. The number of benzene rings is 2. The average molecular weight is 965 g/mol. The Morgan fingerprint density at radius 3 is 0.796 bits per heavy atom. The summed E-state index contributed by atoms with van der Waals surface area (Å²) in [6, 6.07) is 9.80. The van der Waals surface area contributed by atoms with Crippen molar-refractivity contribution in [3.8, 4) is 0 Å². The van der Waals surface area contributed by atoms with Crippen molar-refractivity contribution in [3.05, 3.63) is 64.8 Å². The smallest absolute Gasteiger partial charge is 0.217 e. The van der Waals surface area contributed by atoms with Crippen LogP contribution >= 0.6 is 45.2 Å². The second-order valence-electron chi connectivity index (χ2n) is 18.5. The lowest BCUT2D eigenvalue weighted by Gasteiger charge is -2.22. The molecule has 0 fully saturated rings. The van der Waals surface area contributed by atoms with Crippen LogP contribution in [0.4, 0.5) is 0 Å². The number of nitrogens with zero attached hydrogens (tertiary/aromatic N) is 4. The molecule has 6 rings (SSSR count). The van der Waals surface area contributed by atoms with Gasteiger partial charge in [0.1, 0.15) is 26.4 Å². The first kappa shape index (κ1) is 42.9. The summed E-state index contributed by atoms with van der Waals surface area (Å²) in [7, 11) is 0. The topological polar surface area (TPSA) is 86.4 Å². The van der Waals surface area contributed by atoms with Gasteiger partial charge in [-0.25, -0.2) is 20.0 Å². The summed E-state index contributed by atoms with van der Waals surface area (Å²) in [6.45, 7) is 33.5. The normalized spacial score (nSPS) is 22.7. The van der Waals surface area contributed by atoms with Gasteiger partial charge < -0.3 is 18.9 Å². The van der Waals surface area contributed by atoms with Crippen molar-refractivity contribution in [2.45, 2.75) is 132 Å². The molecule has 54 heavy (non-hydrogen) atoms. The van der Waals surface area contributed by atoms with E-state index in [9.17, 15) is 0 Å². The number of halogens is 2. The lowest BCUT2D eigenvalue weighted by molar-refractivity contribution is 0.290. The molecule has 4 aliphatic rings. The first-order valence-electron chi connectivity index (χ1n) is 19.7. The highest BCUT2D eigenvalue weighted by Gasteiger charge is 2.32. The maximum absolute atomic E-state index is 6.00. The standard InChI is InChI=1S/2C22H31IN2O2/c2*1-12(2)17-10-26-20(24-17)15-8-14(22(5,6)7)9-16(19(15)23)21-25-18(11-27-21)13(3)4/h2*8-9,12-13,17-18H,10-11H2,1-7H3/t2*17-,18-/m11/s1. The molecule has 4 atom stereocenters. The summed E-state index contributed by atoms with van der Waals surface area (Å²) in [5.41, 5.74) is 6.74. The van der Waals surface area contributed by atoms with Crippen molar-refractivity contribution in [2.75, 3.05) is 26.4 Å². The SMILES string of the molecule is CC(C)[C@H]1COC(c2cc(C(C)(C)C)cc(C3=N[C@@H](C(C)C)CO3)c2I)=N1.CC(C)[C@H]1COC(c2cc(C(C)(C)C)cc(C3=N[C@@H](C(C)C)CO3)c2I)=N1. The zero-order chi connectivity index (χ0) is 39.9. The van der Waals surface area contributed by atoms with Gasteiger partial charge >= 0.3 is 0 Å². The molecule has 4 aliphatic heterocycles. The summed E-state index contributed by atoms with van der Waals surface area (Å²) < 4.78 is 26.2. The minimum Gasteiger partial charge on any atom is -0.475 e. The van der Waals surface area contributed by atoms with Gasteiger partial charge in [0.2, 0.25) is 23.6 Å². The highest BCUT2D eigenvalue weighted by molar-refractivity contribution is 14.1. The quantitative estimate of drug-likeness (QED) is 0.247. The van der Waals surface area contributed by atoms with Gasteiger partial charge in [-0.1, -0.05) is 96.9 Å². The number of hydrogen-bond acceptors (Lipinski definition) is 8. The molecule has 0 amide bonds. The second-order valence-corrected chi connectivity index (χ2v) is 20.7. The Kier molecular flexibility index (Phi) is 13.6. The molecule has 0 bridgehead atoms. The Morgan fingerprint density at radius 1 is 0.444 bits per heavy atom. The Balaban J connectivity index is 0.000000208. The van der Waals surface area contributed by atoms with E-state index in [1.807, 2.05) is 0 Å². The van der Waals surface area contributed by atoms with Crippen LogP contribution in [-0.4, -0.2) is 74.2 Å². The first-order valence-corrected chi connectivity index (χ1v) is 21.8. The molecular weight excluding hydrogens is 902 g/mol. The monoisotopic (exact) mass is 964 g/mol. The summed E-state index contributed by atoms with van der Waals surface area (Å²) in [5, 5.41) is 0. The minimum absolute atomic E-state index is 0.0149. The molecule has 8 nitrogen and oxygen atoms in total. The molecule has 0 spiro atoms. The maximum Gasteiger partial charge on any atom is 0.217 e. The molecular formula is C44H62I2N4O4. The lowest BCUT2D eigenvalue weighted by atomic mass is 9.85. The fraction of sp³-hybridized carbons (Fsp3) is 0.636. The van der Waals surface area contributed by atoms with E-state index in [0.29, 0.717) is 50.1 Å². The Bertz CT molecular complexity index is 1570. The van der Waals surface area contributed by atoms with Crippen LogP contribution in [0.5, 0.6) is 0 Å². The zero-order valence-electron chi connectivity index (χ0n) is 34.9. The summed E-state index contributed by atoms with van der Waals surface area (Å²) in [6.07, 6.45) is 0. The van der Waals surface area contributed by atoms with Gasteiger partial charge in [0.05, 0.1) is 46.4 Å². The number of hydrogen-bond donors (Lipinski definition) is 0. The van der Waals surface area contributed by atoms with E-state index in [-0.39, 0.29) is 35.0 Å². The Morgan fingerprint density at radius 2 is 0.648 bits per heavy atom. The fourth-order valence-electron chi connectivity index (χ4n) is 6.25. The van der Waals surface area contributed by atoms with Crippen LogP contribution in [0.2, 0.25) is 0 Å². The van der Waals surface area contributed by atoms with Crippen LogP contribution in [0.15, 0.2) is 44.2 Å². The molecule has 10 heteroatoms. The van der Waals surface area contributed by atoms with Gasteiger partial charge in [-0.05, 0) is 115 Å². The first-order chi connectivity index (χ1) is 25.1. The van der Waals surface area contributed by atoms with Crippen LogP contribution in [0, 0.1) is 30.8 Å². The average Bonchev–Trinajstić information content (AvgIpc) is 3.91. The number of ether oxygens (including phenoxy) is 4.